The molecule has 2 saturated heterocycles. The van der Waals surface area contributed by atoms with E-state index in [1.165, 1.54) is 56.7 Å². The van der Waals surface area contributed by atoms with E-state index in [0.717, 1.165) is 192 Å². The van der Waals surface area contributed by atoms with E-state index in [0.29, 0.717) is 39.5 Å². The number of benzene rings is 3. The summed E-state index contributed by atoms with van der Waals surface area (Å²) in [6.45, 7) is 5.93. The van der Waals surface area contributed by atoms with Crippen molar-refractivity contribution < 1.29 is 63.3 Å². The molecule has 0 radical (unpaired) electrons. The van der Waals surface area contributed by atoms with Crippen molar-refractivity contribution in [2.24, 2.45) is 0 Å². The lowest BCUT2D eigenvalue weighted by molar-refractivity contribution is -0.0687. The Kier molecular flexibility index (Phi) is 18.2. The van der Waals surface area contributed by atoms with Gasteiger partial charge in [-0.3, -0.25) is 9.80 Å². The number of carbonyl (C=O) groups is 3. The molecule has 99 heavy (non-hydrogen) atoms. The van der Waals surface area contributed by atoms with E-state index in [9.17, 15) is 39.6 Å². The zero-order valence-corrected chi connectivity index (χ0v) is 58.6. The highest BCUT2D eigenvalue weighted by Gasteiger charge is 2.41. The highest BCUT2D eigenvalue weighted by Crippen LogP contribution is 2.43. The minimum atomic E-state index is -4.15. The Bertz CT molecular complexity index is 4270. The minimum Gasteiger partial charge on any atom is -0.475 e. The number of fused-ring (bicyclic) bond motifs is 9. The molecule has 6 N–H and O–H groups in total. The zero-order chi connectivity index (χ0) is 68.6. The number of anilines is 3. The summed E-state index contributed by atoms with van der Waals surface area (Å²) in [6.07, 6.45) is 21.9. The van der Waals surface area contributed by atoms with Gasteiger partial charge in [0.05, 0.1) is 68.6 Å². The maximum absolute atomic E-state index is 13.1. The Morgan fingerprint density at radius 3 is 0.990 bits per heavy atom. The third kappa shape index (κ3) is 13.1. The summed E-state index contributed by atoms with van der Waals surface area (Å²) < 4.78 is 117. The molecule has 0 spiro atoms. The molecule has 29 nitrogen and oxygen atoms in total. The van der Waals surface area contributed by atoms with Crippen molar-refractivity contribution in [2.75, 3.05) is 90.3 Å². The average Bonchev–Trinajstić information content (AvgIpc) is 1.70. The van der Waals surface area contributed by atoms with Gasteiger partial charge in [-0.05, 0) is 196 Å². The summed E-state index contributed by atoms with van der Waals surface area (Å²) in [7, 11) is -5.17. The highest BCUT2D eigenvalue weighted by molar-refractivity contribution is 7.90. The van der Waals surface area contributed by atoms with Gasteiger partial charge in [0, 0.05) is 57.5 Å². The van der Waals surface area contributed by atoms with Crippen molar-refractivity contribution in [1.29, 1.82) is 0 Å². The standard InChI is InChI=1S/2C23H29N5O5S.C21H27N5O4S/c2*1-32-17-11-27(12-17)16-10-28-22(33-13-16)20(9-24-28)34(30,31)26-23(29)25-21-18-6-2-4-14(18)8-15-5-3-7-19(15)21;1-25(2)15-11-26-20(30-12-15)18(10-22-26)31(28,29)24-21(27)23-19-16-7-3-5-13(16)9-14-6-4-8-17(14)19/h2*8-9,16-17H,2-7,10-13H2,1H3,(H2,25,26,29);9-10,15H,3-8,11-12H2,1-2H3,(H2,23,24,27)/t2*16-;15-/m100/s1. The van der Waals surface area contributed by atoms with E-state index in [1.807, 2.05) is 19.0 Å². The number of amides is 6. The SMILES string of the molecule is CN(C)[C@@H]1COc2c(S(=O)(=O)NC(=O)Nc3c4c(cc5c3CCC5)CCC4)cnn2C1.COC1CN([C@@H]2COc3c(S(=O)(=O)NC(=O)Nc4c5c(cc6c4CCC6)CCC5)cnn3C2)C1.COC1CN([C@H]2COc3c(S(=O)(=O)NC(=O)Nc4c5c(cc6c4CCC6)CCC5)cnn3C2)C1. The first-order chi connectivity index (χ1) is 47.7. The molecular formula is C67H85N15O14S3. The van der Waals surface area contributed by atoms with Crippen LogP contribution in [0.25, 0.3) is 0 Å². The van der Waals surface area contributed by atoms with Crippen LogP contribution in [0.2, 0.25) is 0 Å². The smallest absolute Gasteiger partial charge is 0.333 e. The third-order valence-corrected chi connectivity index (χ3v) is 25.5. The van der Waals surface area contributed by atoms with Gasteiger partial charge in [-0.25, -0.2) is 67.8 Å². The van der Waals surface area contributed by atoms with E-state index in [4.69, 9.17) is 23.7 Å². The van der Waals surface area contributed by atoms with Crippen LogP contribution in [0, 0.1) is 0 Å². The molecule has 32 heteroatoms. The third-order valence-electron chi connectivity index (χ3n) is 21.5. The summed E-state index contributed by atoms with van der Waals surface area (Å²) in [4.78, 5) is 44.6. The number of ether oxygens (including phenoxy) is 5. The molecule has 6 aliphatic carbocycles. The normalized spacial score (nSPS) is 21.1. The van der Waals surface area contributed by atoms with Crippen LogP contribution < -0.4 is 44.3 Å². The second-order valence-electron chi connectivity index (χ2n) is 27.9. The fraction of sp³-hybridized carbons (Fsp3) is 0.552. The van der Waals surface area contributed by atoms with Gasteiger partial charge in [0.1, 0.15) is 19.8 Å². The topological polar surface area (TPSA) is 335 Å². The number of hydrogen-bond acceptors (Lipinski definition) is 20. The maximum Gasteiger partial charge on any atom is 0.333 e. The van der Waals surface area contributed by atoms with E-state index in [-0.39, 0.29) is 62.7 Å². The second-order valence-corrected chi connectivity index (χ2v) is 32.8. The van der Waals surface area contributed by atoms with Gasteiger partial charge in [-0.1, -0.05) is 18.2 Å². The molecule has 6 aromatic rings. The Morgan fingerprint density at radius 2 is 0.707 bits per heavy atom. The minimum absolute atomic E-state index is 0.0986. The van der Waals surface area contributed by atoms with Gasteiger partial charge in [0.15, 0.2) is 14.7 Å². The number of sulfonamides is 3. The maximum atomic E-state index is 13.1. The largest absolute Gasteiger partial charge is 0.475 e. The Morgan fingerprint density at radius 1 is 0.424 bits per heavy atom. The van der Waals surface area contributed by atoms with Gasteiger partial charge >= 0.3 is 18.1 Å². The Balaban J connectivity index is 0.000000121. The Labute approximate surface area is 575 Å². The summed E-state index contributed by atoms with van der Waals surface area (Å²) in [5, 5.41) is 21.2. The lowest BCUT2D eigenvalue weighted by Crippen LogP contribution is -2.59. The molecule has 2 fully saturated rings. The number of likely N-dealkylation sites (N-methyl/N-ethyl adjacent to an activating group) is 1. The fourth-order valence-electron chi connectivity index (χ4n) is 16.2. The second kappa shape index (κ2) is 26.9. The van der Waals surface area contributed by atoms with Crippen LogP contribution >= 0.6 is 0 Å². The first-order valence-corrected chi connectivity index (χ1v) is 38.9. The van der Waals surface area contributed by atoms with Crippen LogP contribution in [0.4, 0.5) is 31.4 Å². The summed E-state index contributed by atoms with van der Waals surface area (Å²) in [5.41, 5.74) is 16.9. The molecule has 0 saturated carbocycles. The molecule has 17 rings (SSSR count). The summed E-state index contributed by atoms with van der Waals surface area (Å²) in [6, 6.07) is 4.84. The molecule has 3 aromatic heterocycles. The average molecular weight is 1420 g/mol. The van der Waals surface area contributed by atoms with Gasteiger partial charge in [0.25, 0.3) is 30.1 Å². The predicted molar refractivity (Wildman–Crippen MR) is 362 cm³/mol. The van der Waals surface area contributed by atoms with Gasteiger partial charge in [0.2, 0.25) is 17.6 Å². The number of nitrogens with zero attached hydrogens (tertiary/aromatic N) is 9. The molecule has 3 atom stereocenters. The van der Waals surface area contributed by atoms with Gasteiger partial charge in [-0.2, -0.15) is 15.3 Å². The van der Waals surface area contributed by atoms with Crippen LogP contribution in [0.15, 0.2) is 51.5 Å². The summed E-state index contributed by atoms with van der Waals surface area (Å²) >= 11 is 0. The van der Waals surface area contributed by atoms with Crippen LogP contribution in [-0.2, 0) is 136 Å². The molecule has 0 bridgehead atoms. The number of methoxy groups -OCH3 is 2. The number of aryl methyl sites for hydroxylation is 6. The van der Waals surface area contributed by atoms with Crippen LogP contribution in [0.1, 0.15) is 105 Å². The van der Waals surface area contributed by atoms with Gasteiger partial charge < -0.3 is 44.5 Å². The number of rotatable bonds is 14. The van der Waals surface area contributed by atoms with Crippen LogP contribution in [0.3, 0.4) is 0 Å². The lowest BCUT2D eigenvalue weighted by atomic mass is 9.99. The van der Waals surface area contributed by atoms with Crippen molar-refractivity contribution >= 4 is 65.2 Å². The molecule has 5 aliphatic heterocycles. The molecule has 530 valence electrons. The van der Waals surface area contributed by atoms with Crippen molar-refractivity contribution in [3.05, 3.63) is 104 Å². The fourth-order valence-corrected chi connectivity index (χ4v) is 19.1. The number of aromatic nitrogens is 6. The first-order valence-electron chi connectivity index (χ1n) is 34.5. The van der Waals surface area contributed by atoms with Crippen molar-refractivity contribution in [3.63, 3.8) is 0 Å². The number of nitrogens with one attached hydrogen (secondary N) is 6. The molecule has 6 amide bonds. The number of hydrogen-bond donors (Lipinski definition) is 6. The van der Waals surface area contributed by atoms with Gasteiger partial charge in [-0.15, -0.1) is 0 Å². The molecule has 11 aliphatic rings. The molecule has 3 aromatic carbocycles. The molecular weight excluding hydrogens is 1340 g/mol. The van der Waals surface area contributed by atoms with Crippen LogP contribution in [-0.4, -0.2) is 192 Å². The molecule has 0 unspecified atom stereocenters. The number of urea groups is 3. The number of likely N-dealkylation sites (tertiary alicyclic amines) is 2. The lowest BCUT2D eigenvalue weighted by Gasteiger charge is -2.44. The predicted octanol–water partition coefficient (Wildman–Crippen LogP) is 4.62. The van der Waals surface area contributed by atoms with Crippen molar-refractivity contribution in [2.45, 2.75) is 180 Å². The molecule has 8 heterocycles. The summed E-state index contributed by atoms with van der Waals surface area (Å²) in [5.74, 6) is 0.503. The van der Waals surface area contributed by atoms with E-state index in [2.05, 4.69) is 73.4 Å². The Hall–Kier alpha value is -7.85. The quantitative estimate of drug-likeness (QED) is 0.0866. The van der Waals surface area contributed by atoms with Crippen molar-refractivity contribution in [3.8, 4) is 17.6 Å². The van der Waals surface area contributed by atoms with Crippen LogP contribution in [0.5, 0.6) is 17.6 Å². The van der Waals surface area contributed by atoms with E-state index < -0.39 is 48.2 Å². The van der Waals surface area contributed by atoms with E-state index in [1.54, 1.807) is 23.6 Å². The highest BCUT2D eigenvalue weighted by atomic mass is 32.2. The zero-order valence-electron chi connectivity index (χ0n) is 56.1. The van der Waals surface area contributed by atoms with E-state index >= 15 is 0 Å². The van der Waals surface area contributed by atoms with Crippen molar-refractivity contribution in [1.82, 2.24) is 58.2 Å². The number of carbonyl (C=O) groups excluding carboxylic acids is 3. The first kappa shape index (κ1) is 67.0. The monoisotopic (exact) mass is 1420 g/mol.